The number of hydrazone groups is 1. The normalized spacial score (nSPS) is 11.0. The zero-order valence-electron chi connectivity index (χ0n) is 14.5. The number of anilines is 1. The van der Waals surface area contributed by atoms with Crippen LogP contribution in [0.5, 0.6) is 5.75 Å². The Hall–Kier alpha value is -3.03. The van der Waals surface area contributed by atoms with Crippen molar-refractivity contribution in [1.29, 1.82) is 0 Å². The number of benzene rings is 3. The maximum Gasteiger partial charge on any atom is 0.344 e. The quantitative estimate of drug-likeness (QED) is 0.182. The van der Waals surface area contributed by atoms with E-state index < -0.39 is 5.97 Å². The van der Waals surface area contributed by atoms with Crippen molar-refractivity contribution in [2.45, 2.75) is 0 Å². The molecule has 0 saturated carbocycles. The zero-order valence-corrected chi connectivity index (χ0v) is 16.9. The molecule has 0 amide bonds. The molecule has 0 fully saturated rings. The molecule has 0 aliphatic heterocycles. The predicted octanol–water partition coefficient (Wildman–Crippen LogP) is 5.72. The monoisotopic (exact) mass is 451 g/mol. The summed E-state index contributed by atoms with van der Waals surface area (Å²) in [7, 11) is 0. The fourth-order valence-electron chi connectivity index (χ4n) is 2.54. The number of carbonyl (C=O) groups is 1. The maximum atomic E-state index is 12.5. The van der Waals surface area contributed by atoms with Gasteiger partial charge in [-0.2, -0.15) is 5.10 Å². The molecule has 1 aromatic heterocycles. The molecular formula is C21H14BrN3O2S. The third-order valence-electron chi connectivity index (χ3n) is 3.87. The van der Waals surface area contributed by atoms with Crippen molar-refractivity contribution < 1.29 is 9.53 Å². The van der Waals surface area contributed by atoms with Gasteiger partial charge in [0.1, 0.15) is 5.75 Å². The second kappa shape index (κ2) is 8.33. The Balaban J connectivity index is 1.50. The molecule has 4 rings (SSSR count). The lowest BCUT2D eigenvalue weighted by Crippen LogP contribution is -2.10. The van der Waals surface area contributed by atoms with E-state index in [1.54, 1.807) is 36.5 Å². The second-order valence-corrected chi connectivity index (χ2v) is 7.65. The van der Waals surface area contributed by atoms with Gasteiger partial charge >= 0.3 is 5.97 Å². The van der Waals surface area contributed by atoms with Crippen LogP contribution >= 0.6 is 27.3 Å². The number of carbonyl (C=O) groups excluding carboxylic acids is 1. The number of nitrogens with zero attached hydrogens (tertiary/aromatic N) is 2. The average molecular weight is 452 g/mol. The fraction of sp³-hybridized carbons (Fsp3) is 0. The summed E-state index contributed by atoms with van der Waals surface area (Å²) < 4.78 is 7.33. The molecule has 0 aliphatic rings. The Kier molecular flexibility index (Phi) is 5.45. The third-order valence-corrected chi connectivity index (χ3v) is 5.51. The number of thiazole rings is 1. The number of para-hydroxylation sites is 2. The van der Waals surface area contributed by atoms with E-state index in [2.05, 4.69) is 31.4 Å². The van der Waals surface area contributed by atoms with E-state index in [0.29, 0.717) is 26.5 Å². The molecule has 0 atom stereocenters. The SMILES string of the molecule is O=C(Oc1ccccc1/C=N\Nc1nc2ccccc2s1)c1ccccc1Br. The highest BCUT2D eigenvalue weighted by molar-refractivity contribution is 9.10. The molecule has 0 radical (unpaired) electrons. The highest BCUT2D eigenvalue weighted by Crippen LogP contribution is 2.25. The van der Waals surface area contributed by atoms with Crippen LogP contribution in [-0.2, 0) is 0 Å². The van der Waals surface area contributed by atoms with Crippen molar-refractivity contribution >= 4 is 54.8 Å². The highest BCUT2D eigenvalue weighted by Gasteiger charge is 2.13. The largest absolute Gasteiger partial charge is 0.422 e. The van der Waals surface area contributed by atoms with Gasteiger partial charge in [-0.1, -0.05) is 47.7 Å². The van der Waals surface area contributed by atoms with Crippen LogP contribution in [0.15, 0.2) is 82.4 Å². The maximum absolute atomic E-state index is 12.5. The summed E-state index contributed by atoms with van der Waals surface area (Å²) in [5.41, 5.74) is 4.99. The van der Waals surface area contributed by atoms with Gasteiger partial charge in [0.15, 0.2) is 0 Å². The number of rotatable bonds is 5. The average Bonchev–Trinajstić information content (AvgIpc) is 3.12. The number of aromatic nitrogens is 1. The van der Waals surface area contributed by atoms with E-state index in [9.17, 15) is 4.79 Å². The summed E-state index contributed by atoms with van der Waals surface area (Å²) in [5.74, 6) is -0.00874. The van der Waals surface area contributed by atoms with E-state index in [1.807, 2.05) is 42.5 Å². The summed E-state index contributed by atoms with van der Waals surface area (Å²) in [5, 5.41) is 4.93. The van der Waals surface area contributed by atoms with Gasteiger partial charge < -0.3 is 4.74 Å². The summed E-state index contributed by atoms with van der Waals surface area (Å²) in [4.78, 5) is 16.9. The Morgan fingerprint density at radius 2 is 1.79 bits per heavy atom. The summed E-state index contributed by atoms with van der Waals surface area (Å²) in [6.45, 7) is 0. The molecule has 0 aliphatic carbocycles. The molecule has 0 bridgehead atoms. The zero-order chi connectivity index (χ0) is 19.3. The van der Waals surface area contributed by atoms with E-state index in [-0.39, 0.29) is 0 Å². The van der Waals surface area contributed by atoms with Crippen LogP contribution in [0, 0.1) is 0 Å². The van der Waals surface area contributed by atoms with Crippen LogP contribution in [0.1, 0.15) is 15.9 Å². The summed E-state index contributed by atoms with van der Waals surface area (Å²) >= 11 is 4.89. The fourth-order valence-corrected chi connectivity index (χ4v) is 3.80. The number of halogens is 1. The molecule has 138 valence electrons. The van der Waals surface area contributed by atoms with Gasteiger partial charge in [0.25, 0.3) is 0 Å². The molecular weight excluding hydrogens is 438 g/mol. The molecule has 0 unspecified atom stereocenters. The van der Waals surface area contributed by atoms with Crippen molar-refractivity contribution in [2.24, 2.45) is 5.10 Å². The minimum Gasteiger partial charge on any atom is -0.422 e. The van der Waals surface area contributed by atoms with Gasteiger partial charge in [-0.25, -0.2) is 9.78 Å². The lowest BCUT2D eigenvalue weighted by atomic mass is 10.2. The van der Waals surface area contributed by atoms with Crippen LogP contribution in [0.4, 0.5) is 5.13 Å². The van der Waals surface area contributed by atoms with E-state index in [1.165, 1.54) is 11.3 Å². The number of hydrogen-bond donors (Lipinski definition) is 1. The van der Waals surface area contributed by atoms with E-state index >= 15 is 0 Å². The van der Waals surface area contributed by atoms with Crippen molar-refractivity contribution in [2.75, 3.05) is 5.43 Å². The molecule has 7 heteroatoms. The molecule has 1 N–H and O–H groups in total. The number of nitrogens with one attached hydrogen (secondary N) is 1. The van der Waals surface area contributed by atoms with Gasteiger partial charge in [0, 0.05) is 10.0 Å². The third kappa shape index (κ3) is 4.11. The van der Waals surface area contributed by atoms with Gasteiger partial charge in [0.2, 0.25) is 5.13 Å². The van der Waals surface area contributed by atoms with Crippen molar-refractivity contribution in [1.82, 2.24) is 4.98 Å². The number of hydrogen-bond acceptors (Lipinski definition) is 6. The van der Waals surface area contributed by atoms with E-state index in [0.717, 1.165) is 10.2 Å². The Morgan fingerprint density at radius 1 is 1.04 bits per heavy atom. The first kappa shape index (κ1) is 18.3. The van der Waals surface area contributed by atoms with Crippen LogP contribution < -0.4 is 10.2 Å². The molecule has 0 spiro atoms. The first-order valence-corrected chi connectivity index (χ1v) is 10.0. The Morgan fingerprint density at radius 3 is 2.64 bits per heavy atom. The molecule has 3 aromatic carbocycles. The second-order valence-electron chi connectivity index (χ2n) is 5.76. The topological polar surface area (TPSA) is 63.6 Å². The minimum atomic E-state index is -0.438. The lowest BCUT2D eigenvalue weighted by molar-refractivity contribution is 0.0733. The van der Waals surface area contributed by atoms with Gasteiger partial charge in [-0.15, -0.1) is 0 Å². The summed E-state index contributed by atoms with van der Waals surface area (Å²) in [6.07, 6.45) is 1.61. The first-order chi connectivity index (χ1) is 13.7. The van der Waals surface area contributed by atoms with Gasteiger partial charge in [0.05, 0.1) is 22.0 Å². The Labute approximate surface area is 173 Å². The smallest absolute Gasteiger partial charge is 0.344 e. The van der Waals surface area contributed by atoms with Gasteiger partial charge in [-0.3, -0.25) is 5.43 Å². The standard InChI is InChI=1S/C21H14BrN3O2S/c22-16-9-3-2-8-15(16)20(26)27-18-11-5-1-7-14(18)13-23-25-21-24-17-10-4-6-12-19(17)28-21/h1-13H,(H,24,25)/b23-13-. The number of ether oxygens (including phenoxy) is 1. The molecule has 4 aromatic rings. The predicted molar refractivity (Wildman–Crippen MR) is 116 cm³/mol. The van der Waals surface area contributed by atoms with Gasteiger partial charge in [-0.05, 0) is 52.3 Å². The molecule has 5 nitrogen and oxygen atoms in total. The van der Waals surface area contributed by atoms with Crippen molar-refractivity contribution in [3.05, 3.63) is 88.4 Å². The Bertz CT molecular complexity index is 1140. The molecule has 0 saturated heterocycles. The van der Waals surface area contributed by atoms with E-state index in [4.69, 9.17) is 4.74 Å². The number of fused-ring (bicyclic) bond motifs is 1. The molecule has 28 heavy (non-hydrogen) atoms. The van der Waals surface area contributed by atoms with Crippen LogP contribution in [0.2, 0.25) is 0 Å². The minimum absolute atomic E-state index is 0.429. The van der Waals surface area contributed by atoms with Crippen molar-refractivity contribution in [3.8, 4) is 5.75 Å². The highest BCUT2D eigenvalue weighted by atomic mass is 79.9. The van der Waals surface area contributed by atoms with Crippen LogP contribution in [0.25, 0.3) is 10.2 Å². The van der Waals surface area contributed by atoms with Crippen LogP contribution in [-0.4, -0.2) is 17.2 Å². The lowest BCUT2D eigenvalue weighted by Gasteiger charge is -2.08. The number of esters is 1. The summed E-state index contributed by atoms with van der Waals surface area (Å²) in [6, 6.07) is 22.2. The molecule has 1 heterocycles. The first-order valence-electron chi connectivity index (χ1n) is 8.41. The van der Waals surface area contributed by atoms with Crippen molar-refractivity contribution in [3.63, 3.8) is 0 Å². The van der Waals surface area contributed by atoms with Crippen LogP contribution in [0.3, 0.4) is 0 Å².